The van der Waals surface area contributed by atoms with Crippen molar-refractivity contribution in [2.24, 2.45) is 5.92 Å². The van der Waals surface area contributed by atoms with Crippen LogP contribution in [0.1, 0.15) is 38.3 Å². The van der Waals surface area contributed by atoms with Gasteiger partial charge in [0.05, 0.1) is 22.6 Å². The van der Waals surface area contributed by atoms with Crippen LogP contribution in [0.15, 0.2) is 51.8 Å². The molecule has 6 nitrogen and oxygen atoms in total. The van der Waals surface area contributed by atoms with Gasteiger partial charge >= 0.3 is 0 Å². The summed E-state index contributed by atoms with van der Waals surface area (Å²) in [5, 5.41) is 3.31. The van der Waals surface area contributed by atoms with Gasteiger partial charge in [-0.15, -0.1) is 0 Å². The molecule has 3 rings (SSSR count). The van der Waals surface area contributed by atoms with Crippen LogP contribution in [0.4, 0.5) is 0 Å². The highest BCUT2D eigenvalue weighted by Gasteiger charge is 2.32. The second-order valence-corrected chi connectivity index (χ2v) is 10.7. The Labute approximate surface area is 197 Å². The first-order chi connectivity index (χ1) is 14.7. The SMILES string of the molecule is CCOc1ccc(S(=O)(=O)N2CCC(C(=O)NC(C)c3cccc(Br)c3)CC2)cc1Cl. The zero-order valence-corrected chi connectivity index (χ0v) is 20.6. The van der Waals surface area contributed by atoms with Gasteiger partial charge in [-0.25, -0.2) is 8.42 Å². The van der Waals surface area contributed by atoms with Gasteiger partial charge in [0, 0.05) is 23.5 Å². The smallest absolute Gasteiger partial charge is 0.243 e. The molecule has 2 aromatic rings. The van der Waals surface area contributed by atoms with Crippen LogP contribution >= 0.6 is 27.5 Å². The van der Waals surface area contributed by atoms with Crippen molar-refractivity contribution in [1.82, 2.24) is 9.62 Å². The maximum atomic E-state index is 13.0. The maximum absolute atomic E-state index is 13.0. The summed E-state index contributed by atoms with van der Waals surface area (Å²) in [6.45, 7) is 4.80. The molecular weight excluding hydrogens is 504 g/mol. The molecule has 9 heteroatoms. The number of hydrogen-bond acceptors (Lipinski definition) is 4. The van der Waals surface area contributed by atoms with Gasteiger partial charge < -0.3 is 10.1 Å². The first-order valence-electron chi connectivity index (χ1n) is 10.2. The number of sulfonamides is 1. The van der Waals surface area contributed by atoms with Gasteiger partial charge in [0.25, 0.3) is 0 Å². The van der Waals surface area contributed by atoms with Crippen LogP contribution in [0.2, 0.25) is 5.02 Å². The Balaban J connectivity index is 1.60. The molecule has 1 aliphatic rings. The first-order valence-corrected chi connectivity index (χ1v) is 12.8. The highest BCUT2D eigenvalue weighted by molar-refractivity contribution is 9.10. The summed E-state index contributed by atoms with van der Waals surface area (Å²) in [6, 6.07) is 12.2. The predicted octanol–water partition coefficient (Wildman–Crippen LogP) is 4.78. The van der Waals surface area contributed by atoms with Crippen molar-refractivity contribution in [2.75, 3.05) is 19.7 Å². The molecule has 0 bridgehead atoms. The van der Waals surface area contributed by atoms with Crippen LogP contribution in [0.25, 0.3) is 0 Å². The molecule has 0 aromatic heterocycles. The van der Waals surface area contributed by atoms with Crippen molar-refractivity contribution in [3.8, 4) is 5.75 Å². The van der Waals surface area contributed by atoms with Crippen molar-refractivity contribution in [3.63, 3.8) is 0 Å². The molecule has 0 radical (unpaired) electrons. The summed E-state index contributed by atoms with van der Waals surface area (Å²) in [5.74, 6) is 0.191. The summed E-state index contributed by atoms with van der Waals surface area (Å²) in [6.07, 6.45) is 0.946. The third-order valence-electron chi connectivity index (χ3n) is 5.37. The fourth-order valence-corrected chi connectivity index (χ4v) is 5.83. The van der Waals surface area contributed by atoms with Gasteiger partial charge in [0.15, 0.2) is 0 Å². The predicted molar refractivity (Wildman–Crippen MR) is 125 cm³/mol. The van der Waals surface area contributed by atoms with Crippen LogP contribution in [0.3, 0.4) is 0 Å². The van der Waals surface area contributed by atoms with Crippen LogP contribution in [0, 0.1) is 5.92 Å². The molecule has 1 atom stereocenters. The lowest BCUT2D eigenvalue weighted by Crippen LogP contribution is -2.43. The quantitative estimate of drug-likeness (QED) is 0.560. The van der Waals surface area contributed by atoms with E-state index in [1.54, 1.807) is 6.07 Å². The molecule has 2 aromatic carbocycles. The molecule has 1 saturated heterocycles. The van der Waals surface area contributed by atoms with Crippen LogP contribution in [-0.4, -0.2) is 38.3 Å². The molecule has 168 valence electrons. The summed E-state index contributed by atoms with van der Waals surface area (Å²) < 4.78 is 33.8. The summed E-state index contributed by atoms with van der Waals surface area (Å²) in [4.78, 5) is 12.8. The number of rotatable bonds is 7. The molecule has 0 aliphatic carbocycles. The summed E-state index contributed by atoms with van der Waals surface area (Å²) in [7, 11) is -3.68. The number of nitrogens with one attached hydrogen (secondary N) is 1. The van der Waals surface area contributed by atoms with Gasteiger partial charge in [-0.3, -0.25) is 4.79 Å². The summed E-state index contributed by atoms with van der Waals surface area (Å²) >= 11 is 9.61. The standard InChI is InChI=1S/C22H26BrClN2O4S/c1-3-30-21-8-7-19(14-20(21)24)31(28,29)26-11-9-16(10-12-26)22(27)25-15(2)17-5-4-6-18(23)13-17/h4-8,13-16H,3,9-12H2,1-2H3,(H,25,27). The Kier molecular flexibility index (Phi) is 8.02. The summed E-state index contributed by atoms with van der Waals surface area (Å²) in [5.41, 5.74) is 1.01. The highest BCUT2D eigenvalue weighted by atomic mass is 79.9. The number of hydrogen-bond donors (Lipinski definition) is 1. The topological polar surface area (TPSA) is 75.7 Å². The molecule has 0 spiro atoms. The van der Waals surface area contributed by atoms with Crippen molar-refractivity contribution in [2.45, 2.75) is 37.6 Å². The van der Waals surface area contributed by atoms with E-state index >= 15 is 0 Å². The second-order valence-electron chi connectivity index (χ2n) is 7.49. The number of carbonyl (C=O) groups is 1. The minimum absolute atomic E-state index is 0.0476. The van der Waals surface area contributed by atoms with E-state index in [9.17, 15) is 13.2 Å². The van der Waals surface area contributed by atoms with Crippen LogP contribution in [0.5, 0.6) is 5.75 Å². The molecule has 0 saturated carbocycles. The normalized spacial score (nSPS) is 16.6. The highest BCUT2D eigenvalue weighted by Crippen LogP contribution is 2.30. The monoisotopic (exact) mass is 528 g/mol. The van der Waals surface area contributed by atoms with Crippen molar-refractivity contribution in [1.29, 1.82) is 0 Å². The fraction of sp³-hybridized carbons (Fsp3) is 0.409. The fourth-order valence-electron chi connectivity index (χ4n) is 3.61. The number of halogens is 2. The minimum Gasteiger partial charge on any atom is -0.492 e. The number of carbonyl (C=O) groups excluding carboxylic acids is 1. The Morgan fingerprint density at radius 2 is 1.97 bits per heavy atom. The number of amides is 1. The number of nitrogens with zero attached hydrogens (tertiary/aromatic N) is 1. The second kappa shape index (κ2) is 10.3. The Bertz CT molecular complexity index is 1040. The number of benzene rings is 2. The van der Waals surface area contributed by atoms with Crippen LogP contribution < -0.4 is 10.1 Å². The molecule has 1 heterocycles. The van der Waals surface area contributed by atoms with Crippen molar-refractivity contribution >= 4 is 43.5 Å². The van der Waals surface area contributed by atoms with E-state index in [-0.39, 0.29) is 40.9 Å². The molecule has 1 amide bonds. The molecule has 1 aliphatic heterocycles. The molecule has 1 N–H and O–H groups in total. The average molecular weight is 530 g/mol. The largest absolute Gasteiger partial charge is 0.492 e. The van der Waals surface area contributed by atoms with Crippen LogP contribution in [-0.2, 0) is 14.8 Å². The van der Waals surface area contributed by atoms with E-state index in [2.05, 4.69) is 21.2 Å². The lowest BCUT2D eigenvalue weighted by molar-refractivity contribution is -0.126. The Morgan fingerprint density at radius 3 is 2.58 bits per heavy atom. The lowest BCUT2D eigenvalue weighted by atomic mass is 9.96. The molecule has 31 heavy (non-hydrogen) atoms. The molecule has 1 fully saturated rings. The van der Waals surface area contributed by atoms with Gasteiger partial charge in [-0.2, -0.15) is 4.31 Å². The van der Waals surface area contributed by atoms with E-state index in [0.29, 0.717) is 25.2 Å². The van der Waals surface area contributed by atoms with Gasteiger partial charge in [0.2, 0.25) is 15.9 Å². The minimum atomic E-state index is -3.68. The maximum Gasteiger partial charge on any atom is 0.243 e. The van der Waals surface area contributed by atoms with E-state index in [4.69, 9.17) is 16.3 Å². The van der Waals surface area contributed by atoms with E-state index in [1.165, 1.54) is 16.4 Å². The van der Waals surface area contributed by atoms with Gasteiger partial charge in [0.1, 0.15) is 5.75 Å². The lowest BCUT2D eigenvalue weighted by Gasteiger charge is -2.31. The molecule has 1 unspecified atom stereocenters. The number of piperidine rings is 1. The Morgan fingerprint density at radius 1 is 1.26 bits per heavy atom. The zero-order valence-electron chi connectivity index (χ0n) is 17.5. The van der Waals surface area contributed by atoms with E-state index in [1.807, 2.05) is 38.1 Å². The van der Waals surface area contributed by atoms with E-state index < -0.39 is 10.0 Å². The van der Waals surface area contributed by atoms with Crippen molar-refractivity contribution < 1.29 is 17.9 Å². The first kappa shape index (κ1) is 24.0. The van der Waals surface area contributed by atoms with E-state index in [0.717, 1.165) is 10.0 Å². The van der Waals surface area contributed by atoms with Gasteiger partial charge in [-0.05, 0) is 62.6 Å². The van der Waals surface area contributed by atoms with Crippen molar-refractivity contribution in [3.05, 3.63) is 57.5 Å². The van der Waals surface area contributed by atoms with Gasteiger partial charge in [-0.1, -0.05) is 39.7 Å². The molecular formula is C22H26BrClN2O4S. The third-order valence-corrected chi connectivity index (χ3v) is 8.06. The zero-order chi connectivity index (χ0) is 22.6. The Hall–Kier alpha value is -1.61. The third kappa shape index (κ3) is 5.80. The average Bonchev–Trinajstić information content (AvgIpc) is 2.75. The number of ether oxygens (including phenoxy) is 1.